The number of para-hydroxylation sites is 1. The number of nitrogens with zero attached hydrogens (tertiary/aromatic N) is 1. The molecule has 0 radical (unpaired) electrons. The Labute approximate surface area is 157 Å². The Morgan fingerprint density at radius 1 is 1.22 bits per heavy atom. The maximum Gasteiger partial charge on any atom is 0.344 e. The average Bonchev–Trinajstić information content (AvgIpc) is 3.14. The molecule has 3 rings (SSSR count). The van der Waals surface area contributed by atoms with Crippen molar-refractivity contribution in [3.63, 3.8) is 0 Å². The molecule has 1 aliphatic rings. The number of esters is 1. The van der Waals surface area contributed by atoms with Crippen molar-refractivity contribution in [2.75, 3.05) is 31.1 Å². The van der Waals surface area contributed by atoms with Gasteiger partial charge in [0, 0.05) is 31.0 Å². The summed E-state index contributed by atoms with van der Waals surface area (Å²) in [6, 6.07) is 13.2. The minimum atomic E-state index is -0.803. The molecule has 1 aliphatic heterocycles. The number of aromatic amines is 1. The van der Waals surface area contributed by atoms with E-state index >= 15 is 0 Å². The number of pyridine rings is 1. The maximum atomic E-state index is 11.9. The Morgan fingerprint density at radius 2 is 2.00 bits per heavy atom. The minimum Gasteiger partial charge on any atom is -0.452 e. The first-order valence-electron chi connectivity index (χ1n) is 8.96. The van der Waals surface area contributed by atoms with Crippen LogP contribution >= 0.6 is 0 Å². The molecule has 1 fully saturated rings. The highest BCUT2D eigenvalue weighted by Crippen LogP contribution is 2.22. The highest BCUT2D eigenvalue weighted by Gasteiger charge is 2.23. The third kappa shape index (κ3) is 4.97. The molecule has 0 bridgehead atoms. The fourth-order valence-corrected chi connectivity index (χ4v) is 3.12. The minimum absolute atomic E-state index is 0.109. The zero-order valence-electron chi connectivity index (χ0n) is 15.2. The summed E-state index contributed by atoms with van der Waals surface area (Å²) in [5.74, 6) is -0.822. The molecular formula is C20H23N3O4. The Kier molecular flexibility index (Phi) is 5.90. The molecule has 2 N–H and O–H groups in total. The highest BCUT2D eigenvalue weighted by molar-refractivity contribution is 5.90. The number of hydrogen-bond donors (Lipinski definition) is 2. The first-order chi connectivity index (χ1) is 13.0. The number of carbonyl (C=O) groups excluding carboxylic acids is 2. The van der Waals surface area contributed by atoms with E-state index in [1.54, 1.807) is 13.0 Å². The maximum absolute atomic E-state index is 11.9. The van der Waals surface area contributed by atoms with Gasteiger partial charge in [0.25, 0.3) is 11.5 Å². The van der Waals surface area contributed by atoms with Crippen LogP contribution in [0.25, 0.3) is 0 Å². The molecule has 1 aromatic carbocycles. The van der Waals surface area contributed by atoms with Crippen molar-refractivity contribution in [3.05, 3.63) is 64.1 Å². The molecule has 0 spiro atoms. The largest absolute Gasteiger partial charge is 0.452 e. The van der Waals surface area contributed by atoms with Gasteiger partial charge in [0.15, 0.2) is 6.61 Å². The second-order valence-corrected chi connectivity index (χ2v) is 6.70. The van der Waals surface area contributed by atoms with Crippen molar-refractivity contribution in [1.29, 1.82) is 0 Å². The van der Waals surface area contributed by atoms with Crippen LogP contribution in [-0.2, 0) is 9.53 Å². The van der Waals surface area contributed by atoms with Crippen LogP contribution in [0.2, 0.25) is 0 Å². The summed E-state index contributed by atoms with van der Waals surface area (Å²) < 4.78 is 4.93. The number of rotatable bonds is 6. The number of hydrogen-bond acceptors (Lipinski definition) is 5. The molecular weight excluding hydrogens is 346 g/mol. The van der Waals surface area contributed by atoms with Gasteiger partial charge in [0.05, 0.1) is 0 Å². The standard InChI is InChI=1S/C20H23N3O4/c1-14-7-8-17(19(25)22-14)20(26)27-13-18(24)21-11-15-9-10-23(12-15)16-5-3-2-4-6-16/h2-8,15H,9-13H2,1H3,(H,21,24)(H,22,25). The van der Waals surface area contributed by atoms with E-state index in [0.29, 0.717) is 18.2 Å². The van der Waals surface area contributed by atoms with Crippen LogP contribution < -0.4 is 15.8 Å². The fraction of sp³-hybridized carbons (Fsp3) is 0.350. The number of nitrogens with one attached hydrogen (secondary N) is 2. The lowest BCUT2D eigenvalue weighted by molar-refractivity contribution is -0.124. The van der Waals surface area contributed by atoms with Gasteiger partial charge in [-0.3, -0.25) is 9.59 Å². The van der Waals surface area contributed by atoms with Crippen molar-refractivity contribution >= 4 is 17.6 Å². The molecule has 1 amide bonds. The number of benzene rings is 1. The summed E-state index contributed by atoms with van der Waals surface area (Å²) in [4.78, 5) is 40.4. The van der Waals surface area contributed by atoms with Crippen LogP contribution in [0.3, 0.4) is 0 Å². The summed E-state index contributed by atoms with van der Waals surface area (Å²) in [6.07, 6.45) is 0.994. The van der Waals surface area contributed by atoms with Crippen molar-refractivity contribution in [1.82, 2.24) is 10.3 Å². The second kappa shape index (κ2) is 8.53. The zero-order chi connectivity index (χ0) is 19.2. The Bertz CT molecular complexity index is 863. The Hall–Kier alpha value is -3.09. The monoisotopic (exact) mass is 369 g/mol. The Morgan fingerprint density at radius 3 is 2.74 bits per heavy atom. The van der Waals surface area contributed by atoms with Crippen LogP contribution in [0.15, 0.2) is 47.3 Å². The lowest BCUT2D eigenvalue weighted by atomic mass is 10.1. The van der Waals surface area contributed by atoms with Crippen LogP contribution in [0, 0.1) is 12.8 Å². The molecule has 2 aromatic rings. The topological polar surface area (TPSA) is 91.5 Å². The van der Waals surface area contributed by atoms with E-state index in [9.17, 15) is 14.4 Å². The van der Waals surface area contributed by atoms with Crippen LogP contribution in [0.5, 0.6) is 0 Å². The lowest BCUT2D eigenvalue weighted by Crippen LogP contribution is -2.34. The third-order valence-electron chi connectivity index (χ3n) is 4.60. The second-order valence-electron chi connectivity index (χ2n) is 6.70. The smallest absolute Gasteiger partial charge is 0.344 e. The molecule has 27 heavy (non-hydrogen) atoms. The summed E-state index contributed by atoms with van der Waals surface area (Å²) in [6.45, 7) is 3.68. The van der Waals surface area contributed by atoms with E-state index in [0.717, 1.165) is 19.5 Å². The van der Waals surface area contributed by atoms with E-state index in [-0.39, 0.29) is 11.5 Å². The SMILES string of the molecule is Cc1ccc(C(=O)OCC(=O)NCC2CCN(c3ccccc3)C2)c(=O)[nH]1. The highest BCUT2D eigenvalue weighted by atomic mass is 16.5. The van der Waals surface area contributed by atoms with Gasteiger partial charge in [0.1, 0.15) is 5.56 Å². The molecule has 7 nitrogen and oxygen atoms in total. The summed E-state index contributed by atoms with van der Waals surface area (Å²) in [5, 5.41) is 2.80. The van der Waals surface area contributed by atoms with Crippen molar-refractivity contribution in [2.24, 2.45) is 5.92 Å². The van der Waals surface area contributed by atoms with Crippen LogP contribution in [0.1, 0.15) is 22.5 Å². The zero-order valence-corrected chi connectivity index (χ0v) is 15.2. The summed E-state index contributed by atoms with van der Waals surface area (Å²) >= 11 is 0. The van der Waals surface area contributed by atoms with Crippen LogP contribution in [-0.4, -0.2) is 43.1 Å². The average molecular weight is 369 g/mol. The molecule has 1 saturated heterocycles. The molecule has 1 unspecified atom stereocenters. The van der Waals surface area contributed by atoms with Gasteiger partial charge in [-0.05, 0) is 43.5 Å². The van der Waals surface area contributed by atoms with E-state index in [2.05, 4.69) is 27.3 Å². The number of ether oxygens (including phenoxy) is 1. The summed E-state index contributed by atoms with van der Waals surface area (Å²) in [5.41, 5.74) is 1.20. The van der Waals surface area contributed by atoms with Gasteiger partial charge in [-0.15, -0.1) is 0 Å². The normalized spacial score (nSPS) is 16.2. The molecule has 0 aliphatic carbocycles. The predicted molar refractivity (Wildman–Crippen MR) is 102 cm³/mol. The lowest BCUT2D eigenvalue weighted by Gasteiger charge is -2.18. The first-order valence-corrected chi connectivity index (χ1v) is 8.96. The number of amides is 1. The van der Waals surface area contributed by atoms with Gasteiger partial charge in [-0.2, -0.15) is 0 Å². The van der Waals surface area contributed by atoms with Gasteiger partial charge in [0.2, 0.25) is 0 Å². The van der Waals surface area contributed by atoms with Gasteiger partial charge in [-0.25, -0.2) is 4.79 Å². The Balaban J connectivity index is 1.41. The van der Waals surface area contributed by atoms with Crippen molar-refractivity contribution in [3.8, 4) is 0 Å². The molecule has 7 heteroatoms. The molecule has 0 saturated carbocycles. The van der Waals surface area contributed by atoms with Crippen molar-refractivity contribution < 1.29 is 14.3 Å². The van der Waals surface area contributed by atoms with Crippen molar-refractivity contribution in [2.45, 2.75) is 13.3 Å². The van der Waals surface area contributed by atoms with E-state index in [1.807, 2.05) is 18.2 Å². The molecule has 1 atom stereocenters. The van der Waals surface area contributed by atoms with Gasteiger partial charge in [-0.1, -0.05) is 18.2 Å². The third-order valence-corrected chi connectivity index (χ3v) is 4.60. The summed E-state index contributed by atoms with van der Waals surface area (Å²) in [7, 11) is 0. The first kappa shape index (κ1) is 18.7. The number of anilines is 1. The molecule has 142 valence electrons. The van der Waals surface area contributed by atoms with Gasteiger partial charge < -0.3 is 19.9 Å². The predicted octanol–water partition coefficient (Wildman–Crippen LogP) is 1.48. The van der Waals surface area contributed by atoms with E-state index in [4.69, 9.17) is 4.74 Å². The number of H-pyrrole nitrogens is 1. The quantitative estimate of drug-likeness (QED) is 0.753. The van der Waals surface area contributed by atoms with Gasteiger partial charge >= 0.3 is 5.97 Å². The number of carbonyl (C=O) groups is 2. The fourth-order valence-electron chi connectivity index (χ4n) is 3.12. The molecule has 2 heterocycles. The van der Waals surface area contributed by atoms with Crippen LogP contribution in [0.4, 0.5) is 5.69 Å². The molecule has 1 aromatic heterocycles. The van der Waals surface area contributed by atoms with E-state index < -0.39 is 18.1 Å². The number of aryl methyl sites for hydroxylation is 1. The number of aromatic nitrogens is 1. The van der Waals surface area contributed by atoms with E-state index in [1.165, 1.54) is 11.8 Å².